The molecule has 0 unspecified atom stereocenters. The fourth-order valence-corrected chi connectivity index (χ4v) is 0.381. The first-order valence-corrected chi connectivity index (χ1v) is 2.06. The molecule has 0 aromatic heterocycles. The van der Waals surface area contributed by atoms with Crippen LogP contribution in [0.5, 0.6) is 0 Å². The molecule has 37 valence electrons. The van der Waals surface area contributed by atoms with Crippen LogP contribution in [0.15, 0.2) is 24.2 Å². The SMILES string of the molecule is [O]C1=CC=CCO1. The molecule has 0 saturated carbocycles. The number of hydrogen-bond donors (Lipinski definition) is 0. The number of allylic oxidation sites excluding steroid dienone is 2. The van der Waals surface area contributed by atoms with E-state index in [9.17, 15) is 5.11 Å². The maximum atomic E-state index is 10.1. The molecule has 0 amide bonds. The Morgan fingerprint density at radius 2 is 2.57 bits per heavy atom. The van der Waals surface area contributed by atoms with Gasteiger partial charge in [0.1, 0.15) is 6.61 Å². The van der Waals surface area contributed by atoms with Gasteiger partial charge in [0.25, 0.3) is 0 Å². The van der Waals surface area contributed by atoms with Crippen LogP contribution in [-0.2, 0) is 9.84 Å². The van der Waals surface area contributed by atoms with Crippen LogP contribution in [0.1, 0.15) is 0 Å². The van der Waals surface area contributed by atoms with Gasteiger partial charge in [-0.1, -0.05) is 6.08 Å². The summed E-state index contributed by atoms with van der Waals surface area (Å²) in [5.74, 6) is -0.248. The van der Waals surface area contributed by atoms with Crippen LogP contribution in [0.3, 0.4) is 0 Å². The smallest absolute Gasteiger partial charge is 0.331 e. The molecule has 0 bridgehead atoms. The third-order valence-electron chi connectivity index (χ3n) is 0.690. The molecule has 0 spiro atoms. The second-order valence-electron chi connectivity index (χ2n) is 1.22. The molecule has 0 aromatic carbocycles. The lowest BCUT2D eigenvalue weighted by atomic mass is 10.4. The van der Waals surface area contributed by atoms with E-state index in [1.165, 1.54) is 6.08 Å². The minimum atomic E-state index is -0.248. The third kappa shape index (κ3) is 0.961. The molecular weight excluding hydrogens is 92.1 g/mol. The molecule has 0 aromatic rings. The molecule has 0 atom stereocenters. The van der Waals surface area contributed by atoms with E-state index in [0.29, 0.717) is 6.61 Å². The molecule has 0 N–H and O–H groups in total. The van der Waals surface area contributed by atoms with E-state index in [-0.39, 0.29) is 5.95 Å². The number of ether oxygens (including phenoxy) is 1. The molecule has 0 saturated heterocycles. The molecular formula is C5H5O2. The summed E-state index contributed by atoms with van der Waals surface area (Å²) < 4.78 is 4.50. The molecule has 1 aliphatic rings. The highest BCUT2D eigenvalue weighted by molar-refractivity contribution is 5.06. The molecule has 1 heterocycles. The van der Waals surface area contributed by atoms with Crippen LogP contribution in [-0.4, -0.2) is 6.61 Å². The Labute approximate surface area is 41.7 Å². The summed E-state index contributed by atoms with van der Waals surface area (Å²) in [5, 5.41) is 10.1. The highest BCUT2D eigenvalue weighted by Gasteiger charge is 1.94. The summed E-state index contributed by atoms with van der Waals surface area (Å²) in [5.41, 5.74) is 0. The minimum absolute atomic E-state index is 0.248. The normalized spacial score (nSPS) is 18.0. The summed E-state index contributed by atoms with van der Waals surface area (Å²) >= 11 is 0. The maximum Gasteiger partial charge on any atom is 0.331 e. The first-order valence-electron chi connectivity index (χ1n) is 2.06. The molecule has 1 rings (SSSR count). The van der Waals surface area contributed by atoms with Gasteiger partial charge in [-0.15, -0.1) is 0 Å². The van der Waals surface area contributed by atoms with E-state index in [2.05, 4.69) is 4.74 Å². The van der Waals surface area contributed by atoms with Gasteiger partial charge in [0, 0.05) is 6.08 Å². The first kappa shape index (κ1) is 4.24. The molecule has 1 aliphatic heterocycles. The summed E-state index contributed by atoms with van der Waals surface area (Å²) in [7, 11) is 0. The monoisotopic (exact) mass is 97.0 g/mol. The molecule has 0 fully saturated rings. The lowest BCUT2D eigenvalue weighted by Crippen LogP contribution is -1.92. The average molecular weight is 97.1 g/mol. The topological polar surface area (TPSA) is 29.1 Å². The van der Waals surface area contributed by atoms with E-state index in [1.54, 1.807) is 12.2 Å². The Morgan fingerprint density at radius 1 is 1.71 bits per heavy atom. The average Bonchev–Trinajstić information content (AvgIpc) is 1.69. The molecule has 1 radical (unpaired) electrons. The number of hydrogen-bond acceptors (Lipinski definition) is 1. The van der Waals surface area contributed by atoms with Gasteiger partial charge in [-0.3, -0.25) is 0 Å². The highest BCUT2D eigenvalue weighted by Crippen LogP contribution is 1.98. The van der Waals surface area contributed by atoms with Gasteiger partial charge < -0.3 is 4.74 Å². The predicted octanol–water partition coefficient (Wildman–Crippen LogP) is 0.845. The zero-order valence-electron chi connectivity index (χ0n) is 3.76. The Bertz CT molecular complexity index is 113. The van der Waals surface area contributed by atoms with Crippen molar-refractivity contribution in [2.24, 2.45) is 0 Å². The second-order valence-corrected chi connectivity index (χ2v) is 1.22. The van der Waals surface area contributed by atoms with Crippen molar-refractivity contribution in [1.82, 2.24) is 0 Å². The quantitative estimate of drug-likeness (QED) is 0.440. The van der Waals surface area contributed by atoms with Gasteiger partial charge in [-0.2, -0.15) is 0 Å². The summed E-state index contributed by atoms with van der Waals surface area (Å²) in [6.45, 7) is 0.426. The summed E-state index contributed by atoms with van der Waals surface area (Å²) in [4.78, 5) is 0. The van der Waals surface area contributed by atoms with Crippen molar-refractivity contribution in [3.63, 3.8) is 0 Å². The van der Waals surface area contributed by atoms with Gasteiger partial charge in [0.15, 0.2) is 0 Å². The van der Waals surface area contributed by atoms with Crippen molar-refractivity contribution in [3.05, 3.63) is 24.2 Å². The first-order chi connectivity index (χ1) is 3.39. The van der Waals surface area contributed by atoms with Crippen LogP contribution >= 0.6 is 0 Å². The number of rotatable bonds is 0. The lowest BCUT2D eigenvalue weighted by Gasteiger charge is -1.98. The maximum absolute atomic E-state index is 10.1. The second kappa shape index (κ2) is 1.69. The third-order valence-corrected chi connectivity index (χ3v) is 0.690. The summed E-state index contributed by atoms with van der Waals surface area (Å²) in [6.07, 6.45) is 4.86. The van der Waals surface area contributed by atoms with Crippen molar-refractivity contribution in [3.8, 4) is 0 Å². The fourth-order valence-electron chi connectivity index (χ4n) is 0.381. The Kier molecular flexibility index (Phi) is 1.02. The minimum Gasteiger partial charge on any atom is -0.458 e. The molecule has 2 nitrogen and oxygen atoms in total. The highest BCUT2D eigenvalue weighted by atomic mass is 16.6. The van der Waals surface area contributed by atoms with Crippen LogP contribution in [0.25, 0.3) is 0 Å². The Morgan fingerprint density at radius 3 is 2.86 bits per heavy atom. The van der Waals surface area contributed by atoms with Gasteiger partial charge in [0.2, 0.25) is 0 Å². The fraction of sp³-hybridized carbons (Fsp3) is 0.200. The van der Waals surface area contributed by atoms with Crippen LogP contribution in [0, 0.1) is 0 Å². The Balaban J connectivity index is 2.57. The van der Waals surface area contributed by atoms with Crippen LogP contribution < -0.4 is 0 Å². The van der Waals surface area contributed by atoms with Gasteiger partial charge in [-0.25, -0.2) is 5.11 Å². The zero-order valence-corrected chi connectivity index (χ0v) is 3.76. The van der Waals surface area contributed by atoms with Crippen molar-refractivity contribution >= 4 is 0 Å². The Hall–Kier alpha value is -0.920. The van der Waals surface area contributed by atoms with E-state index < -0.39 is 0 Å². The van der Waals surface area contributed by atoms with Crippen molar-refractivity contribution in [1.29, 1.82) is 0 Å². The van der Waals surface area contributed by atoms with Gasteiger partial charge in [0.05, 0.1) is 0 Å². The van der Waals surface area contributed by atoms with Crippen molar-refractivity contribution < 1.29 is 9.84 Å². The van der Waals surface area contributed by atoms with Crippen molar-refractivity contribution in [2.75, 3.05) is 6.61 Å². The largest absolute Gasteiger partial charge is 0.458 e. The predicted molar refractivity (Wildman–Crippen MR) is 23.9 cm³/mol. The van der Waals surface area contributed by atoms with Crippen LogP contribution in [0.2, 0.25) is 0 Å². The van der Waals surface area contributed by atoms with E-state index >= 15 is 0 Å². The van der Waals surface area contributed by atoms with E-state index in [0.717, 1.165) is 0 Å². The van der Waals surface area contributed by atoms with Crippen molar-refractivity contribution in [2.45, 2.75) is 0 Å². The molecule has 0 aliphatic carbocycles. The molecule has 2 heteroatoms. The standard InChI is InChI=1S/C5H5O2/c6-5-3-1-2-4-7-5/h1-3H,4H2. The lowest BCUT2D eigenvalue weighted by molar-refractivity contribution is 0.0652. The summed E-state index contributed by atoms with van der Waals surface area (Å²) in [6, 6.07) is 0. The van der Waals surface area contributed by atoms with Crippen LogP contribution in [0.4, 0.5) is 0 Å². The zero-order chi connectivity index (χ0) is 5.11. The van der Waals surface area contributed by atoms with Gasteiger partial charge in [-0.05, 0) is 6.08 Å². The van der Waals surface area contributed by atoms with E-state index in [1.807, 2.05) is 0 Å². The molecule has 7 heavy (non-hydrogen) atoms. The van der Waals surface area contributed by atoms with Gasteiger partial charge >= 0.3 is 5.95 Å². The van der Waals surface area contributed by atoms with E-state index in [4.69, 9.17) is 0 Å².